The van der Waals surface area contributed by atoms with E-state index in [1.807, 2.05) is 32.0 Å². The third-order valence-electron chi connectivity index (χ3n) is 3.83. The van der Waals surface area contributed by atoms with Crippen LogP contribution in [0.3, 0.4) is 0 Å². The summed E-state index contributed by atoms with van der Waals surface area (Å²) < 4.78 is 27.6. The first-order chi connectivity index (χ1) is 11.9. The van der Waals surface area contributed by atoms with E-state index in [0.29, 0.717) is 17.5 Å². The third kappa shape index (κ3) is 3.91. The van der Waals surface area contributed by atoms with Gasteiger partial charge in [-0.3, -0.25) is 0 Å². The molecule has 0 unspecified atom stereocenters. The number of hydrogen-bond donors (Lipinski definition) is 2. The SMILES string of the molecule is Cc1cc(Nc2c(F)cccc2F)nc(Nc2ccc(C)c(C)c2)n1. The summed E-state index contributed by atoms with van der Waals surface area (Å²) in [7, 11) is 0. The molecule has 1 aromatic heterocycles. The molecule has 0 bridgehead atoms. The molecule has 0 atom stereocenters. The molecule has 2 N–H and O–H groups in total. The molecule has 0 aliphatic heterocycles. The van der Waals surface area contributed by atoms with Gasteiger partial charge in [0.15, 0.2) is 0 Å². The second-order valence-corrected chi connectivity index (χ2v) is 5.86. The van der Waals surface area contributed by atoms with Crippen LogP contribution in [-0.4, -0.2) is 9.97 Å². The maximum atomic E-state index is 13.8. The van der Waals surface area contributed by atoms with Gasteiger partial charge in [-0.1, -0.05) is 12.1 Å². The van der Waals surface area contributed by atoms with E-state index in [4.69, 9.17) is 0 Å². The number of benzene rings is 2. The second kappa shape index (κ2) is 6.84. The van der Waals surface area contributed by atoms with Crippen LogP contribution in [-0.2, 0) is 0 Å². The normalized spacial score (nSPS) is 10.6. The molecule has 6 heteroatoms. The van der Waals surface area contributed by atoms with Gasteiger partial charge in [0.2, 0.25) is 5.95 Å². The van der Waals surface area contributed by atoms with Crippen LogP contribution >= 0.6 is 0 Å². The van der Waals surface area contributed by atoms with Gasteiger partial charge in [0.1, 0.15) is 23.1 Å². The van der Waals surface area contributed by atoms with Crippen LogP contribution in [0.4, 0.5) is 31.9 Å². The summed E-state index contributed by atoms with van der Waals surface area (Å²) in [6.45, 7) is 5.84. The molecule has 3 aromatic rings. The fraction of sp³-hybridized carbons (Fsp3) is 0.158. The Hall–Kier alpha value is -3.02. The Labute approximate surface area is 145 Å². The molecule has 2 aromatic carbocycles. The maximum Gasteiger partial charge on any atom is 0.229 e. The number of para-hydroxylation sites is 1. The quantitative estimate of drug-likeness (QED) is 0.688. The number of anilines is 4. The maximum absolute atomic E-state index is 13.8. The van der Waals surface area contributed by atoms with Crippen molar-refractivity contribution in [3.63, 3.8) is 0 Å². The molecule has 0 saturated carbocycles. The third-order valence-corrected chi connectivity index (χ3v) is 3.83. The van der Waals surface area contributed by atoms with Crippen LogP contribution in [0.1, 0.15) is 16.8 Å². The predicted molar refractivity (Wildman–Crippen MR) is 95.6 cm³/mol. The van der Waals surface area contributed by atoms with Crippen LogP contribution in [0.25, 0.3) is 0 Å². The summed E-state index contributed by atoms with van der Waals surface area (Å²) in [5.74, 6) is -0.704. The highest BCUT2D eigenvalue weighted by Crippen LogP contribution is 2.24. The molecule has 128 valence electrons. The highest BCUT2D eigenvalue weighted by atomic mass is 19.1. The van der Waals surface area contributed by atoms with Gasteiger partial charge in [-0.25, -0.2) is 13.8 Å². The molecule has 0 spiro atoms. The minimum atomic E-state index is -0.681. The fourth-order valence-corrected chi connectivity index (χ4v) is 2.38. The van der Waals surface area contributed by atoms with Crippen molar-refractivity contribution < 1.29 is 8.78 Å². The van der Waals surface area contributed by atoms with E-state index in [1.54, 1.807) is 13.0 Å². The largest absolute Gasteiger partial charge is 0.335 e. The molecule has 1 heterocycles. The van der Waals surface area contributed by atoms with E-state index in [-0.39, 0.29) is 5.69 Å². The zero-order chi connectivity index (χ0) is 18.0. The number of nitrogens with one attached hydrogen (secondary N) is 2. The Bertz CT molecular complexity index is 905. The molecule has 0 saturated heterocycles. The molecule has 0 fully saturated rings. The first kappa shape index (κ1) is 16.8. The Morgan fingerprint density at radius 3 is 2.20 bits per heavy atom. The minimum Gasteiger partial charge on any atom is -0.335 e. The lowest BCUT2D eigenvalue weighted by atomic mass is 10.1. The van der Waals surface area contributed by atoms with Gasteiger partial charge in [0, 0.05) is 17.4 Å². The van der Waals surface area contributed by atoms with Crippen molar-refractivity contribution in [2.24, 2.45) is 0 Å². The molecular formula is C19H18F2N4. The monoisotopic (exact) mass is 340 g/mol. The van der Waals surface area contributed by atoms with Crippen LogP contribution in [0.15, 0.2) is 42.5 Å². The smallest absolute Gasteiger partial charge is 0.229 e. The van der Waals surface area contributed by atoms with Gasteiger partial charge >= 0.3 is 0 Å². The summed E-state index contributed by atoms with van der Waals surface area (Å²) in [5, 5.41) is 5.81. The van der Waals surface area contributed by atoms with Gasteiger partial charge in [0.05, 0.1) is 0 Å². The average Bonchev–Trinajstić information content (AvgIpc) is 2.54. The van der Waals surface area contributed by atoms with Crippen LogP contribution in [0.2, 0.25) is 0 Å². The standard InChI is InChI=1S/C19H18F2N4/c1-11-7-8-14(9-12(11)2)23-19-22-13(3)10-17(25-19)24-18-15(20)5-4-6-16(18)21/h4-10H,1-3H3,(H2,22,23,24,25). The Kier molecular flexibility index (Phi) is 4.61. The number of hydrogen-bond acceptors (Lipinski definition) is 4. The molecule has 0 amide bonds. The molecule has 0 aliphatic rings. The summed E-state index contributed by atoms with van der Waals surface area (Å²) in [5.41, 5.74) is 3.60. The second-order valence-electron chi connectivity index (χ2n) is 5.86. The molecular weight excluding hydrogens is 322 g/mol. The highest BCUT2D eigenvalue weighted by molar-refractivity contribution is 5.61. The molecule has 3 rings (SSSR count). The summed E-state index contributed by atoms with van der Waals surface area (Å²) in [6, 6.07) is 11.2. The molecule has 0 radical (unpaired) electrons. The van der Waals surface area contributed by atoms with Crippen molar-refractivity contribution >= 4 is 23.1 Å². The van der Waals surface area contributed by atoms with Gasteiger partial charge in [0.25, 0.3) is 0 Å². The lowest BCUT2D eigenvalue weighted by Crippen LogP contribution is -2.04. The van der Waals surface area contributed by atoms with Crippen molar-refractivity contribution in [2.75, 3.05) is 10.6 Å². The number of nitrogens with zero attached hydrogens (tertiary/aromatic N) is 2. The summed E-state index contributed by atoms with van der Waals surface area (Å²) >= 11 is 0. The molecule has 0 aliphatic carbocycles. The van der Waals surface area contributed by atoms with Crippen LogP contribution < -0.4 is 10.6 Å². The summed E-state index contributed by atoms with van der Waals surface area (Å²) in [6.07, 6.45) is 0. The topological polar surface area (TPSA) is 49.8 Å². The minimum absolute atomic E-state index is 0.238. The Balaban J connectivity index is 1.89. The average molecular weight is 340 g/mol. The number of aromatic nitrogens is 2. The zero-order valence-electron chi connectivity index (χ0n) is 14.2. The number of halogens is 2. The first-order valence-electron chi connectivity index (χ1n) is 7.83. The van der Waals surface area contributed by atoms with Crippen LogP contribution in [0.5, 0.6) is 0 Å². The van der Waals surface area contributed by atoms with E-state index < -0.39 is 11.6 Å². The van der Waals surface area contributed by atoms with Crippen molar-refractivity contribution in [3.8, 4) is 0 Å². The summed E-state index contributed by atoms with van der Waals surface area (Å²) in [4.78, 5) is 8.61. The number of rotatable bonds is 4. The lowest BCUT2D eigenvalue weighted by Gasteiger charge is -2.12. The van der Waals surface area contributed by atoms with Crippen molar-refractivity contribution in [1.29, 1.82) is 0 Å². The Morgan fingerprint density at radius 2 is 1.52 bits per heavy atom. The molecule has 4 nitrogen and oxygen atoms in total. The van der Waals surface area contributed by atoms with Gasteiger partial charge in [-0.2, -0.15) is 4.98 Å². The van der Waals surface area contributed by atoms with E-state index in [0.717, 1.165) is 11.3 Å². The lowest BCUT2D eigenvalue weighted by molar-refractivity contribution is 0.590. The van der Waals surface area contributed by atoms with Gasteiger partial charge in [-0.15, -0.1) is 0 Å². The van der Waals surface area contributed by atoms with E-state index >= 15 is 0 Å². The van der Waals surface area contributed by atoms with Crippen LogP contribution in [0, 0.1) is 32.4 Å². The van der Waals surface area contributed by atoms with Crippen molar-refractivity contribution in [3.05, 3.63) is 70.9 Å². The Morgan fingerprint density at radius 1 is 0.800 bits per heavy atom. The van der Waals surface area contributed by atoms with Crippen molar-refractivity contribution in [2.45, 2.75) is 20.8 Å². The van der Waals surface area contributed by atoms with E-state index in [2.05, 4.69) is 20.6 Å². The highest BCUT2D eigenvalue weighted by Gasteiger charge is 2.11. The zero-order valence-corrected chi connectivity index (χ0v) is 14.2. The fourth-order valence-electron chi connectivity index (χ4n) is 2.38. The van der Waals surface area contributed by atoms with E-state index in [1.165, 1.54) is 23.8 Å². The predicted octanol–water partition coefficient (Wildman–Crippen LogP) is 5.17. The molecule has 25 heavy (non-hydrogen) atoms. The first-order valence-corrected chi connectivity index (χ1v) is 7.83. The number of aryl methyl sites for hydroxylation is 3. The van der Waals surface area contributed by atoms with Gasteiger partial charge < -0.3 is 10.6 Å². The van der Waals surface area contributed by atoms with E-state index in [9.17, 15) is 8.78 Å². The van der Waals surface area contributed by atoms with Gasteiger partial charge in [-0.05, 0) is 56.2 Å². The van der Waals surface area contributed by atoms with Crippen molar-refractivity contribution in [1.82, 2.24) is 9.97 Å².